The van der Waals surface area contributed by atoms with Crippen LogP contribution in [0.4, 0.5) is 0 Å². The van der Waals surface area contributed by atoms with E-state index in [1.807, 2.05) is 0 Å². The van der Waals surface area contributed by atoms with Gasteiger partial charge in [0.15, 0.2) is -0.565 Å². The molecule has 0 unspecified atom stereocenters. The van der Waals surface area contributed by atoms with E-state index in [2.05, 4.69) is 0 Å². The molecule has 0 atom stereocenters. The van der Waals surface area contributed by atoms with Crippen LogP contribution in [0.15, 0.2) is 0 Å². The van der Waals surface area contributed by atoms with Gasteiger partial charge in [-0.2, -0.15) is 0 Å². The Balaban J connectivity index is 0. The Bertz CT molecular complexity index is 87.8. The molecular weight excluding hydrogens is 476 g/mol. The van der Waals surface area contributed by atoms with Gasteiger partial charge in [-0.15, -0.1) is 0 Å². The van der Waals surface area contributed by atoms with Crippen LogP contribution in [-0.4, -0.2) is 5.40 Å². The number of aliphatic carboxylic acids is 1. The molecule has 0 bridgehead atoms. The van der Waals surface area contributed by atoms with E-state index >= 15 is 0 Å². The fourth-order valence-electron chi connectivity index (χ4n) is 0. The molecule has 0 heterocycles. The van der Waals surface area contributed by atoms with Gasteiger partial charge in [0, 0.05) is 0 Å². The van der Waals surface area contributed by atoms with Crippen molar-refractivity contribution in [2.24, 2.45) is 0 Å². The number of carbonyl (C=O) groups excluding carboxylic acids is 1. The van der Waals surface area contributed by atoms with Crippen molar-refractivity contribution in [2.45, 2.75) is -0.565 Å². The molecular formula is C2I3KO2. The van der Waals surface area contributed by atoms with E-state index in [1.54, 1.807) is 67.8 Å². The zero-order valence-electron chi connectivity index (χ0n) is 3.95. The fraction of sp³-hybridized carbons (Fsp3) is 0.500. The number of alkyl halides is 3. The summed E-state index contributed by atoms with van der Waals surface area (Å²) in [6.07, 6.45) is 0. The van der Waals surface area contributed by atoms with Gasteiger partial charge in [-0.05, 0) is 67.8 Å². The number of carboxylic acid groups (broad SMARTS) is 1. The van der Waals surface area contributed by atoms with Crippen LogP contribution in [0, 0.1) is 0 Å². The summed E-state index contributed by atoms with van der Waals surface area (Å²) in [5.74, 6) is -1.05. The second kappa shape index (κ2) is 5.89. The van der Waals surface area contributed by atoms with E-state index in [1.165, 1.54) is 0 Å². The minimum atomic E-state index is -1.05. The maximum Gasteiger partial charge on any atom is 1.00 e. The molecule has 0 rings (SSSR count). The van der Waals surface area contributed by atoms with Crippen LogP contribution in [0.5, 0.6) is 0 Å². The van der Waals surface area contributed by atoms with Gasteiger partial charge in [0.05, 0.1) is 5.97 Å². The van der Waals surface area contributed by atoms with E-state index < -0.39 is 5.40 Å². The topological polar surface area (TPSA) is 40.1 Å². The number of carbonyl (C=O) groups is 1. The minimum absolute atomic E-state index is 0. The van der Waals surface area contributed by atoms with Crippen molar-refractivity contribution in [1.82, 2.24) is 0 Å². The Hall–Kier alpha value is 3.30. The van der Waals surface area contributed by atoms with Crippen LogP contribution < -0.4 is 56.5 Å². The van der Waals surface area contributed by atoms with Gasteiger partial charge in [-0.25, -0.2) is 0 Å². The maximum atomic E-state index is 9.89. The predicted molar refractivity (Wildman–Crippen MR) is 49.8 cm³/mol. The molecule has 0 spiro atoms. The SMILES string of the molecule is O=C([O-])C(I)(I)I.[K+]. The van der Waals surface area contributed by atoms with Gasteiger partial charge in [0.2, 0.25) is 0 Å². The molecule has 0 saturated carbocycles. The summed E-state index contributed by atoms with van der Waals surface area (Å²) in [6, 6.07) is 0. The summed E-state index contributed by atoms with van der Waals surface area (Å²) in [5, 5.41) is 9.89. The van der Waals surface area contributed by atoms with Gasteiger partial charge in [-0.1, -0.05) is 0 Å². The smallest absolute Gasteiger partial charge is 0.547 e. The van der Waals surface area contributed by atoms with Crippen molar-refractivity contribution in [1.29, 1.82) is 0 Å². The molecule has 0 radical (unpaired) electrons. The molecule has 0 amide bonds. The first-order chi connectivity index (χ1) is 2.94. The van der Waals surface area contributed by atoms with Crippen molar-refractivity contribution in [3.05, 3.63) is 0 Å². The Labute approximate surface area is 131 Å². The van der Waals surface area contributed by atoms with E-state index in [0.717, 1.165) is 0 Å². The first-order valence-electron chi connectivity index (χ1n) is 1.23. The number of carboxylic acids is 1. The zero-order valence-corrected chi connectivity index (χ0v) is 13.5. The molecule has 6 heteroatoms. The summed E-state index contributed by atoms with van der Waals surface area (Å²) in [5.41, 5.74) is 0. The summed E-state index contributed by atoms with van der Waals surface area (Å²) < 4.78 is -0.784. The summed E-state index contributed by atoms with van der Waals surface area (Å²) >= 11 is 5.33. The normalized spacial score (nSPS) is 9.88. The molecule has 0 aliphatic carbocycles. The Morgan fingerprint density at radius 2 is 1.50 bits per heavy atom. The number of hydrogen-bond acceptors (Lipinski definition) is 2. The van der Waals surface area contributed by atoms with Gasteiger partial charge < -0.3 is 9.90 Å². The quantitative estimate of drug-likeness (QED) is 0.243. The standard InChI is InChI=1S/C2HI3O2.K/c3-2(4,5)1(6)7;/h(H,6,7);/q;+1/p-1. The molecule has 0 N–H and O–H groups in total. The van der Waals surface area contributed by atoms with Crippen molar-refractivity contribution in [3.63, 3.8) is 0 Å². The predicted octanol–water partition coefficient (Wildman–Crippen LogP) is -2.30. The van der Waals surface area contributed by atoms with Crippen LogP contribution in [0.1, 0.15) is 0 Å². The maximum absolute atomic E-state index is 9.89. The fourth-order valence-corrected chi connectivity index (χ4v) is 0. The molecule has 0 aliphatic rings. The molecule has 42 valence electrons. The van der Waals surface area contributed by atoms with Crippen molar-refractivity contribution < 1.29 is 61.3 Å². The Morgan fingerprint density at radius 1 is 1.38 bits per heavy atom. The van der Waals surface area contributed by atoms with Gasteiger partial charge in [-0.3, -0.25) is 0 Å². The monoisotopic (exact) mass is 476 g/mol. The van der Waals surface area contributed by atoms with Crippen LogP contribution in [0.3, 0.4) is 0 Å². The van der Waals surface area contributed by atoms with Crippen molar-refractivity contribution in [2.75, 3.05) is 0 Å². The third-order valence-corrected chi connectivity index (χ3v) is 1.55. The minimum Gasteiger partial charge on any atom is -0.547 e. The molecule has 0 fully saturated rings. The van der Waals surface area contributed by atoms with Crippen LogP contribution in [0.25, 0.3) is 0 Å². The van der Waals surface area contributed by atoms with Crippen LogP contribution in [0.2, 0.25) is 0 Å². The van der Waals surface area contributed by atoms with E-state index in [0.29, 0.717) is 0 Å². The first kappa shape index (κ1) is 13.9. The number of hydrogen-bond donors (Lipinski definition) is 0. The van der Waals surface area contributed by atoms with Gasteiger partial charge >= 0.3 is 51.4 Å². The second-order valence-electron chi connectivity index (χ2n) is 0.785. The summed E-state index contributed by atoms with van der Waals surface area (Å²) in [7, 11) is 0. The molecule has 0 aliphatic heterocycles. The van der Waals surface area contributed by atoms with Crippen LogP contribution >= 0.6 is 67.8 Å². The number of rotatable bonds is 1. The van der Waals surface area contributed by atoms with Crippen molar-refractivity contribution in [3.8, 4) is 0 Å². The second-order valence-corrected chi connectivity index (χ2v) is 11.8. The van der Waals surface area contributed by atoms with E-state index in [-0.39, 0.29) is 51.4 Å². The third-order valence-electron chi connectivity index (χ3n) is 0.231. The van der Waals surface area contributed by atoms with Gasteiger partial charge in [0.1, 0.15) is 0 Å². The summed E-state index contributed by atoms with van der Waals surface area (Å²) in [4.78, 5) is 9.89. The Kier molecular flexibility index (Phi) is 10.2. The average molecular weight is 476 g/mol. The summed E-state index contributed by atoms with van der Waals surface area (Å²) in [6.45, 7) is 0. The first-order valence-corrected chi connectivity index (χ1v) is 4.46. The number of halogens is 3. The molecule has 8 heavy (non-hydrogen) atoms. The van der Waals surface area contributed by atoms with Crippen LogP contribution in [-0.2, 0) is 4.79 Å². The van der Waals surface area contributed by atoms with Crippen molar-refractivity contribution >= 4 is 73.7 Å². The third kappa shape index (κ3) is 7.40. The zero-order chi connectivity index (χ0) is 6.08. The Morgan fingerprint density at radius 3 is 1.50 bits per heavy atom. The van der Waals surface area contributed by atoms with E-state index in [4.69, 9.17) is 0 Å². The average Bonchev–Trinajstić information content (AvgIpc) is 1.31. The van der Waals surface area contributed by atoms with Gasteiger partial charge in [0.25, 0.3) is 0 Å². The molecule has 0 saturated heterocycles. The largest absolute Gasteiger partial charge is 1.00 e. The van der Waals surface area contributed by atoms with E-state index in [9.17, 15) is 9.90 Å². The molecule has 0 aromatic heterocycles. The molecule has 2 nitrogen and oxygen atoms in total. The molecule has 0 aromatic rings. The molecule has 0 aromatic carbocycles.